The second-order valence-electron chi connectivity index (χ2n) is 10.0. The molecule has 0 saturated carbocycles. The van der Waals surface area contributed by atoms with Gasteiger partial charge in [0.05, 0.1) is 0 Å². The first-order valence-electron chi connectivity index (χ1n) is 12.9. The lowest BCUT2D eigenvalue weighted by Crippen LogP contribution is -2.12. The van der Waals surface area contributed by atoms with Crippen molar-refractivity contribution >= 4 is 17.1 Å². The summed E-state index contributed by atoms with van der Waals surface area (Å²) in [5, 5.41) is 6.48. The van der Waals surface area contributed by atoms with E-state index in [0.29, 0.717) is 23.7 Å². The van der Waals surface area contributed by atoms with E-state index in [0.717, 1.165) is 25.3 Å². The van der Waals surface area contributed by atoms with Gasteiger partial charge in [-0.3, -0.25) is 20.1 Å². The van der Waals surface area contributed by atoms with Crippen LogP contribution in [-0.2, 0) is 0 Å². The van der Waals surface area contributed by atoms with Crippen molar-refractivity contribution in [2.24, 2.45) is 32.7 Å². The van der Waals surface area contributed by atoms with Gasteiger partial charge in [0.1, 0.15) is 12.2 Å². The zero-order valence-corrected chi connectivity index (χ0v) is 22.4. The molecule has 1 N–H and O–H groups in total. The number of H-pyrrole nitrogens is 1. The number of aromatic nitrogens is 3. The highest BCUT2D eigenvalue weighted by Gasteiger charge is 2.09. The van der Waals surface area contributed by atoms with Crippen LogP contribution in [0.5, 0.6) is 0 Å². The minimum atomic E-state index is 0.456. The van der Waals surface area contributed by atoms with Gasteiger partial charge in [0, 0.05) is 48.8 Å². The summed E-state index contributed by atoms with van der Waals surface area (Å²) < 4.78 is 0. The lowest BCUT2D eigenvalue weighted by atomic mass is 10.00. The average Bonchev–Trinajstić information content (AvgIpc) is 3.59. The van der Waals surface area contributed by atoms with Gasteiger partial charge in [-0.25, -0.2) is 4.98 Å². The Morgan fingerprint density at radius 1 is 0.697 bits per heavy atom. The van der Waals surface area contributed by atoms with Crippen LogP contribution in [0.1, 0.15) is 106 Å². The number of allylic oxidation sites excluding steroid dienone is 1. The fourth-order valence-corrected chi connectivity index (χ4v) is 3.48. The van der Waals surface area contributed by atoms with Gasteiger partial charge >= 0.3 is 0 Å². The Morgan fingerprint density at radius 3 is 1.55 bits per heavy atom. The zero-order valence-electron chi connectivity index (χ0n) is 22.4. The number of hydrogen-bond donors (Lipinski definition) is 1. The van der Waals surface area contributed by atoms with Gasteiger partial charge in [-0.15, -0.1) is 0 Å². The van der Waals surface area contributed by atoms with Crippen molar-refractivity contribution in [2.75, 3.05) is 13.1 Å². The molecule has 0 atom stereocenters. The Balaban J connectivity index is 0.000000220. The Bertz CT molecular complexity index is 746. The molecule has 6 nitrogen and oxygen atoms in total. The van der Waals surface area contributed by atoms with E-state index in [-0.39, 0.29) is 0 Å². The summed E-state index contributed by atoms with van der Waals surface area (Å²) in [6, 6.07) is 0. The molecule has 186 valence electrons. The van der Waals surface area contributed by atoms with Gasteiger partial charge in [-0.1, -0.05) is 61.5 Å². The van der Waals surface area contributed by atoms with E-state index in [9.17, 15) is 0 Å². The van der Waals surface area contributed by atoms with Gasteiger partial charge < -0.3 is 0 Å². The molecular weight excluding hydrogens is 408 g/mol. The van der Waals surface area contributed by atoms with Crippen LogP contribution in [0.15, 0.2) is 33.6 Å². The van der Waals surface area contributed by atoms with Crippen molar-refractivity contribution in [1.29, 1.82) is 0 Å². The molecule has 0 fully saturated rings. The molecule has 1 aromatic rings. The average molecular weight is 457 g/mol. The van der Waals surface area contributed by atoms with Crippen LogP contribution in [0.25, 0.3) is 0 Å². The first-order valence-corrected chi connectivity index (χ1v) is 12.9. The molecule has 0 unspecified atom stereocenters. The summed E-state index contributed by atoms with van der Waals surface area (Å²) >= 11 is 0. The second-order valence-corrected chi connectivity index (χ2v) is 10.0. The molecule has 3 aliphatic heterocycles. The Hall–Kier alpha value is -2.11. The van der Waals surface area contributed by atoms with Crippen molar-refractivity contribution in [3.05, 3.63) is 24.4 Å². The van der Waals surface area contributed by atoms with Crippen LogP contribution in [-0.4, -0.2) is 45.4 Å². The normalized spacial score (nSPS) is 17.0. The van der Waals surface area contributed by atoms with E-state index in [1.807, 2.05) is 6.20 Å². The minimum Gasteiger partial charge on any atom is -0.294 e. The molecule has 3 aliphatic rings. The largest absolute Gasteiger partial charge is 0.294 e. The standard InChI is InChI=1S/C8H15N.C7H13N.C7H11N.C5H9N3/c1-7(2)8-5-3-4-6-9-8;2*1-6(2)7-4-3-5-8-7;1-4(2)5-6-3-7-8-5/h7H,3-6H2,1-2H3;6H,3-5H2,1-2H3;3,5-6H,4H2,1-2H3;3-4H,1-2H3,(H,6,7,8). The van der Waals surface area contributed by atoms with Crippen molar-refractivity contribution in [1.82, 2.24) is 15.2 Å². The molecular formula is C27H48N6. The third-order valence-electron chi connectivity index (χ3n) is 5.71. The lowest BCUT2D eigenvalue weighted by molar-refractivity contribution is 0.696. The lowest BCUT2D eigenvalue weighted by Gasteiger charge is -2.13. The quantitative estimate of drug-likeness (QED) is 0.525. The highest BCUT2D eigenvalue weighted by Crippen LogP contribution is 2.12. The van der Waals surface area contributed by atoms with Gasteiger partial charge in [0.15, 0.2) is 0 Å². The molecule has 0 aromatic carbocycles. The second kappa shape index (κ2) is 16.5. The molecule has 0 aliphatic carbocycles. The van der Waals surface area contributed by atoms with Crippen LogP contribution in [0.2, 0.25) is 0 Å². The van der Waals surface area contributed by atoms with Crippen LogP contribution in [0, 0.1) is 17.8 Å². The van der Waals surface area contributed by atoms with Gasteiger partial charge in [-0.2, -0.15) is 5.10 Å². The van der Waals surface area contributed by atoms with E-state index < -0.39 is 0 Å². The Labute approximate surface area is 202 Å². The molecule has 33 heavy (non-hydrogen) atoms. The van der Waals surface area contributed by atoms with Crippen molar-refractivity contribution in [2.45, 2.75) is 99.8 Å². The zero-order chi connectivity index (χ0) is 24.6. The molecule has 0 amide bonds. The fraction of sp³-hybridized carbons (Fsp3) is 0.741. The summed E-state index contributed by atoms with van der Waals surface area (Å²) in [6.45, 7) is 19.5. The molecule has 0 bridgehead atoms. The number of hydrogen-bond acceptors (Lipinski definition) is 5. The van der Waals surface area contributed by atoms with E-state index in [4.69, 9.17) is 0 Å². The maximum absolute atomic E-state index is 4.45. The molecule has 0 radical (unpaired) electrons. The molecule has 4 heterocycles. The predicted molar refractivity (Wildman–Crippen MR) is 144 cm³/mol. The summed E-state index contributed by atoms with van der Waals surface area (Å²) in [4.78, 5) is 16.9. The van der Waals surface area contributed by atoms with Gasteiger partial charge in [0.2, 0.25) is 0 Å². The summed E-state index contributed by atoms with van der Waals surface area (Å²) in [5.74, 6) is 3.41. The van der Waals surface area contributed by atoms with Crippen LogP contribution < -0.4 is 0 Å². The van der Waals surface area contributed by atoms with E-state index >= 15 is 0 Å². The van der Waals surface area contributed by atoms with Crippen molar-refractivity contribution < 1.29 is 0 Å². The van der Waals surface area contributed by atoms with Crippen LogP contribution in [0.3, 0.4) is 0 Å². The Morgan fingerprint density at radius 2 is 1.27 bits per heavy atom. The maximum Gasteiger partial charge on any atom is 0.137 e. The highest BCUT2D eigenvalue weighted by atomic mass is 15.2. The van der Waals surface area contributed by atoms with Gasteiger partial charge in [-0.05, 0) is 49.9 Å². The third kappa shape index (κ3) is 12.6. The summed E-state index contributed by atoms with van der Waals surface area (Å²) in [5.41, 5.74) is 4.16. The monoisotopic (exact) mass is 456 g/mol. The predicted octanol–water partition coefficient (Wildman–Crippen LogP) is 7.07. The van der Waals surface area contributed by atoms with Crippen LogP contribution in [0.4, 0.5) is 0 Å². The summed E-state index contributed by atoms with van der Waals surface area (Å²) in [6.07, 6.45) is 13.0. The third-order valence-corrected chi connectivity index (χ3v) is 5.71. The SMILES string of the molecule is CC(C)C1=NC=CC1.CC(C)C1=NCCC1.CC(C)C1=NCCCC1.CC(C)c1ncn[nH]1. The number of rotatable bonds is 4. The smallest absolute Gasteiger partial charge is 0.137 e. The van der Waals surface area contributed by atoms with E-state index in [1.54, 1.807) is 0 Å². The van der Waals surface area contributed by atoms with Gasteiger partial charge in [0.25, 0.3) is 0 Å². The topological polar surface area (TPSA) is 78.7 Å². The molecule has 1 aromatic heterocycles. The first-order chi connectivity index (χ1) is 15.7. The van der Waals surface area contributed by atoms with Crippen molar-refractivity contribution in [3.8, 4) is 0 Å². The Kier molecular flexibility index (Phi) is 14.5. The van der Waals surface area contributed by atoms with E-state index in [2.05, 4.69) is 91.6 Å². The molecule has 4 rings (SSSR count). The number of nitrogens with zero attached hydrogens (tertiary/aromatic N) is 5. The number of nitrogens with one attached hydrogen (secondary N) is 1. The molecule has 0 saturated heterocycles. The molecule has 0 spiro atoms. The maximum atomic E-state index is 4.45. The summed E-state index contributed by atoms with van der Waals surface area (Å²) in [7, 11) is 0. The van der Waals surface area contributed by atoms with E-state index in [1.165, 1.54) is 55.6 Å². The molecule has 6 heteroatoms. The van der Waals surface area contributed by atoms with Crippen LogP contribution >= 0.6 is 0 Å². The number of aromatic amines is 1. The first kappa shape index (κ1) is 28.9. The van der Waals surface area contributed by atoms with Crippen molar-refractivity contribution in [3.63, 3.8) is 0 Å². The fourth-order valence-electron chi connectivity index (χ4n) is 3.48. The number of aliphatic imine (C=N–C) groups is 3. The minimum absolute atomic E-state index is 0.456. The highest BCUT2D eigenvalue weighted by molar-refractivity contribution is 5.89.